The summed E-state index contributed by atoms with van der Waals surface area (Å²) >= 11 is 5.87. The van der Waals surface area contributed by atoms with Gasteiger partial charge in [-0.1, -0.05) is 17.7 Å². The van der Waals surface area contributed by atoms with Crippen molar-refractivity contribution in [2.24, 2.45) is 0 Å². The average molecular weight is 458 g/mol. The van der Waals surface area contributed by atoms with E-state index in [1.54, 1.807) is 18.5 Å². The van der Waals surface area contributed by atoms with Crippen LogP contribution in [0.5, 0.6) is 0 Å². The van der Waals surface area contributed by atoms with Crippen molar-refractivity contribution >= 4 is 45.4 Å². The van der Waals surface area contributed by atoms with E-state index in [1.807, 2.05) is 11.0 Å². The van der Waals surface area contributed by atoms with Crippen molar-refractivity contribution in [2.75, 3.05) is 29.1 Å². The molecular weight excluding hydrogens is 441 g/mol. The van der Waals surface area contributed by atoms with Crippen molar-refractivity contribution in [2.45, 2.75) is 17.7 Å². The van der Waals surface area contributed by atoms with Crippen molar-refractivity contribution in [3.63, 3.8) is 0 Å². The number of hydrogen-bond donors (Lipinski definition) is 1. The van der Waals surface area contributed by atoms with Crippen LogP contribution in [0, 0.1) is 5.95 Å². The maximum Gasteiger partial charge on any atom is 0.227 e. The van der Waals surface area contributed by atoms with Crippen LogP contribution in [0.15, 0.2) is 41.7 Å². The quantitative estimate of drug-likeness (QED) is 0.597. The van der Waals surface area contributed by atoms with Gasteiger partial charge in [-0.05, 0) is 18.1 Å². The first-order valence-corrected chi connectivity index (χ1v) is 11.4. The van der Waals surface area contributed by atoms with Crippen molar-refractivity contribution in [1.29, 1.82) is 0 Å². The lowest BCUT2D eigenvalue weighted by Crippen LogP contribution is -2.30. The smallest absolute Gasteiger partial charge is 0.227 e. The predicted molar refractivity (Wildman–Crippen MR) is 116 cm³/mol. The van der Waals surface area contributed by atoms with Crippen LogP contribution in [-0.4, -0.2) is 48.0 Å². The minimum atomic E-state index is -1.19. The maximum atomic E-state index is 13.5. The Morgan fingerprint density at radius 3 is 2.74 bits per heavy atom. The molecule has 0 saturated heterocycles. The van der Waals surface area contributed by atoms with Gasteiger partial charge < -0.3 is 10.2 Å². The summed E-state index contributed by atoms with van der Waals surface area (Å²) in [5, 5.41) is 3.60. The van der Waals surface area contributed by atoms with E-state index in [1.165, 1.54) is 12.3 Å². The highest BCUT2D eigenvalue weighted by Gasteiger charge is 2.28. The number of pyridine rings is 1. The molecule has 158 valence electrons. The summed E-state index contributed by atoms with van der Waals surface area (Å²) in [6.45, 7) is 1.27. The number of hydrogen-bond acceptors (Lipinski definition) is 8. The lowest BCUT2D eigenvalue weighted by atomic mass is 10.1. The molecule has 2 aliphatic heterocycles. The molecule has 0 spiro atoms. The average Bonchev–Trinajstić information content (AvgIpc) is 3.15. The van der Waals surface area contributed by atoms with Gasteiger partial charge in [-0.3, -0.25) is 4.21 Å². The normalized spacial score (nSPS) is 17.9. The first kappa shape index (κ1) is 20.0. The molecule has 3 aromatic heterocycles. The van der Waals surface area contributed by atoms with Gasteiger partial charge in [0.25, 0.3) is 0 Å². The summed E-state index contributed by atoms with van der Waals surface area (Å²) in [5.41, 5.74) is 2.29. The summed E-state index contributed by atoms with van der Waals surface area (Å²) < 4.78 is 26.0. The second-order valence-electron chi connectivity index (χ2n) is 7.09. The highest BCUT2D eigenvalue weighted by Crippen LogP contribution is 2.32. The Kier molecular flexibility index (Phi) is 5.33. The van der Waals surface area contributed by atoms with Gasteiger partial charge in [-0.15, -0.1) is 0 Å². The Hall–Kier alpha value is -2.98. The topological polar surface area (TPSA) is 96.8 Å². The highest BCUT2D eigenvalue weighted by atomic mass is 35.5. The van der Waals surface area contributed by atoms with Gasteiger partial charge in [0.15, 0.2) is 11.6 Å². The number of nitrogens with zero attached hydrogens (tertiary/aromatic N) is 6. The molecule has 8 nitrogen and oxygen atoms in total. The zero-order valence-electron chi connectivity index (χ0n) is 16.3. The van der Waals surface area contributed by atoms with Gasteiger partial charge in [0.05, 0.1) is 21.5 Å². The molecule has 5 rings (SSSR count). The number of anilines is 3. The molecule has 1 N–H and O–H groups in total. The van der Waals surface area contributed by atoms with E-state index >= 15 is 0 Å². The van der Waals surface area contributed by atoms with Crippen molar-refractivity contribution in [3.8, 4) is 0 Å². The lowest BCUT2D eigenvalue weighted by molar-refractivity contribution is 0.584. The highest BCUT2D eigenvalue weighted by molar-refractivity contribution is 7.85. The van der Waals surface area contributed by atoms with Crippen LogP contribution < -0.4 is 10.2 Å². The zero-order valence-corrected chi connectivity index (χ0v) is 17.8. The summed E-state index contributed by atoms with van der Waals surface area (Å²) in [4.78, 5) is 24.1. The van der Waals surface area contributed by atoms with Gasteiger partial charge in [-0.2, -0.15) is 9.37 Å². The van der Waals surface area contributed by atoms with Crippen LogP contribution in [0.1, 0.15) is 17.9 Å². The molecule has 3 aromatic rings. The second-order valence-corrected chi connectivity index (χ2v) is 9.03. The third-order valence-electron chi connectivity index (χ3n) is 5.06. The molecule has 0 unspecified atom stereocenters. The lowest BCUT2D eigenvalue weighted by Gasteiger charge is -2.27. The summed E-state index contributed by atoms with van der Waals surface area (Å²) in [5.74, 6) is 1.55. The van der Waals surface area contributed by atoms with E-state index in [2.05, 4.69) is 30.2 Å². The molecule has 5 heterocycles. The SMILES string of the molecule is O=[S@@]1CCc2nc(N3CC=C(c4ncc(Cl)cn4)CC3)nc(Nc3ccnc(F)c3)c21. The summed E-state index contributed by atoms with van der Waals surface area (Å²) in [6.07, 6.45) is 7.93. The van der Waals surface area contributed by atoms with Gasteiger partial charge in [0.1, 0.15) is 4.90 Å². The van der Waals surface area contributed by atoms with Gasteiger partial charge in [0.2, 0.25) is 11.9 Å². The second kappa shape index (κ2) is 8.27. The first-order chi connectivity index (χ1) is 15.1. The number of fused-ring (bicyclic) bond motifs is 1. The zero-order chi connectivity index (χ0) is 21.4. The number of aromatic nitrogens is 5. The molecular formula is C20H17ClFN7OS. The van der Waals surface area contributed by atoms with E-state index in [4.69, 9.17) is 11.6 Å². The summed E-state index contributed by atoms with van der Waals surface area (Å²) in [6, 6.07) is 2.91. The molecule has 0 fully saturated rings. The minimum Gasteiger partial charge on any atom is -0.339 e. The van der Waals surface area contributed by atoms with Crippen LogP contribution in [0.25, 0.3) is 5.57 Å². The molecule has 0 amide bonds. The third kappa shape index (κ3) is 4.13. The van der Waals surface area contributed by atoms with Gasteiger partial charge in [-0.25, -0.2) is 19.9 Å². The molecule has 2 aliphatic rings. The van der Waals surface area contributed by atoms with Crippen LogP contribution >= 0.6 is 11.6 Å². The van der Waals surface area contributed by atoms with Gasteiger partial charge >= 0.3 is 0 Å². The fourth-order valence-corrected chi connectivity index (χ4v) is 4.96. The molecule has 0 bridgehead atoms. The predicted octanol–water partition coefficient (Wildman–Crippen LogP) is 3.16. The number of halogens is 2. The Morgan fingerprint density at radius 1 is 1.16 bits per heavy atom. The van der Waals surface area contributed by atoms with Gasteiger partial charge in [0, 0.05) is 55.6 Å². The van der Waals surface area contributed by atoms with E-state index in [-0.39, 0.29) is 0 Å². The van der Waals surface area contributed by atoms with Crippen molar-refractivity contribution in [1.82, 2.24) is 24.9 Å². The fourth-order valence-electron chi connectivity index (χ4n) is 3.56. The number of rotatable bonds is 4. The monoisotopic (exact) mass is 457 g/mol. The third-order valence-corrected chi connectivity index (χ3v) is 6.72. The molecule has 0 aliphatic carbocycles. The number of aryl methyl sites for hydroxylation is 1. The Bertz CT molecular complexity index is 1200. The Morgan fingerprint density at radius 2 is 2.00 bits per heavy atom. The molecule has 0 saturated carbocycles. The minimum absolute atomic E-state index is 0.442. The van der Waals surface area contributed by atoms with Crippen LogP contribution in [0.4, 0.5) is 21.8 Å². The molecule has 1 atom stereocenters. The Balaban J connectivity index is 1.44. The molecule has 0 radical (unpaired) electrons. The first-order valence-electron chi connectivity index (χ1n) is 9.66. The molecule has 31 heavy (non-hydrogen) atoms. The molecule has 0 aromatic carbocycles. The molecule has 11 heteroatoms. The van der Waals surface area contributed by atoms with E-state index in [0.717, 1.165) is 17.7 Å². The van der Waals surface area contributed by atoms with E-state index in [9.17, 15) is 8.60 Å². The van der Waals surface area contributed by atoms with Crippen molar-refractivity contribution in [3.05, 3.63) is 59.3 Å². The largest absolute Gasteiger partial charge is 0.339 e. The maximum absolute atomic E-state index is 13.5. The number of nitrogens with one attached hydrogen (secondary N) is 1. The standard InChI is InChI=1S/C20H17ClFN7OS/c21-13-10-24-18(25-11-13)12-2-6-29(7-3-12)20-27-15-4-8-31(30)17(15)19(28-20)26-14-1-5-23-16(22)9-14/h1-2,5,9-11H,3-4,6-8H2,(H,23,26,27,28)/t31-/m1/s1. The van der Waals surface area contributed by atoms with Crippen molar-refractivity contribution < 1.29 is 8.60 Å². The Labute approximate surface area is 185 Å². The fraction of sp³-hybridized carbons (Fsp3) is 0.250. The van der Waals surface area contributed by atoms with E-state index < -0.39 is 16.7 Å². The van der Waals surface area contributed by atoms with Crippen LogP contribution in [0.2, 0.25) is 5.02 Å². The summed E-state index contributed by atoms with van der Waals surface area (Å²) in [7, 11) is -1.19. The van der Waals surface area contributed by atoms with E-state index in [0.29, 0.717) is 58.5 Å². The van der Waals surface area contributed by atoms with Crippen LogP contribution in [0.3, 0.4) is 0 Å². The van der Waals surface area contributed by atoms with Crippen LogP contribution in [-0.2, 0) is 17.2 Å².